The largest absolute Gasteiger partial charge is 0.497 e. The fourth-order valence-corrected chi connectivity index (χ4v) is 4.54. The molecule has 4 aromatic rings. The van der Waals surface area contributed by atoms with Crippen LogP contribution in [0.3, 0.4) is 0 Å². The van der Waals surface area contributed by atoms with Crippen LogP contribution >= 0.6 is 23.3 Å². The molecular formula is C21H18N4O2S2. The third kappa shape index (κ3) is 4.23. The van der Waals surface area contributed by atoms with E-state index in [4.69, 9.17) is 4.74 Å². The van der Waals surface area contributed by atoms with Crippen molar-refractivity contribution in [2.45, 2.75) is 11.9 Å². The van der Waals surface area contributed by atoms with Crippen molar-refractivity contribution >= 4 is 45.1 Å². The van der Waals surface area contributed by atoms with Gasteiger partial charge in [0.15, 0.2) is 0 Å². The van der Waals surface area contributed by atoms with Gasteiger partial charge in [0, 0.05) is 11.3 Å². The predicted molar refractivity (Wildman–Crippen MR) is 118 cm³/mol. The van der Waals surface area contributed by atoms with Crippen LogP contribution in [0.1, 0.15) is 5.56 Å². The molecule has 2 aromatic heterocycles. The normalized spacial score (nSPS) is 10.8. The number of aromatic nitrogens is 3. The van der Waals surface area contributed by atoms with E-state index in [-0.39, 0.29) is 11.7 Å². The van der Waals surface area contributed by atoms with Crippen molar-refractivity contribution < 1.29 is 9.53 Å². The van der Waals surface area contributed by atoms with Crippen LogP contribution in [-0.2, 0) is 4.79 Å². The topological polar surface area (TPSA) is 77.0 Å². The quantitative estimate of drug-likeness (QED) is 0.355. The number of anilines is 1. The van der Waals surface area contributed by atoms with E-state index in [9.17, 15) is 4.79 Å². The number of ether oxygens (including phenoxy) is 1. The Labute approximate surface area is 176 Å². The molecule has 6 nitrogen and oxygen atoms in total. The maximum atomic E-state index is 12.4. The van der Waals surface area contributed by atoms with Gasteiger partial charge in [-0.15, -0.1) is 0 Å². The van der Waals surface area contributed by atoms with Gasteiger partial charge in [0.25, 0.3) is 0 Å². The van der Waals surface area contributed by atoms with E-state index in [0.717, 1.165) is 43.5 Å². The Morgan fingerprint density at radius 1 is 1.14 bits per heavy atom. The Morgan fingerprint density at radius 3 is 2.69 bits per heavy atom. The van der Waals surface area contributed by atoms with Crippen molar-refractivity contribution in [1.29, 1.82) is 0 Å². The van der Waals surface area contributed by atoms with Crippen LogP contribution < -0.4 is 10.1 Å². The summed E-state index contributed by atoms with van der Waals surface area (Å²) in [5.74, 6) is 0.978. The summed E-state index contributed by atoms with van der Waals surface area (Å²) in [7, 11) is 1.64. The van der Waals surface area contributed by atoms with Crippen molar-refractivity contribution in [3.63, 3.8) is 0 Å². The molecule has 0 saturated carbocycles. The highest BCUT2D eigenvalue weighted by Crippen LogP contribution is 2.34. The lowest BCUT2D eigenvalue weighted by molar-refractivity contribution is -0.113. The third-order valence-corrected chi connectivity index (χ3v) is 6.31. The summed E-state index contributed by atoms with van der Waals surface area (Å²) in [5.41, 5.74) is 4.41. The number of aryl methyl sites for hydroxylation is 1. The van der Waals surface area contributed by atoms with Crippen molar-refractivity contribution in [3.8, 4) is 17.0 Å². The average molecular weight is 423 g/mol. The number of fused-ring (bicyclic) bond motifs is 1. The number of nitrogens with zero attached hydrogens (tertiary/aromatic N) is 3. The Hall–Kier alpha value is -2.97. The smallest absolute Gasteiger partial charge is 0.234 e. The highest BCUT2D eigenvalue weighted by atomic mass is 32.2. The average Bonchev–Trinajstić information content (AvgIpc) is 3.19. The Morgan fingerprint density at radius 2 is 1.93 bits per heavy atom. The highest BCUT2D eigenvalue weighted by molar-refractivity contribution is 8.00. The number of carbonyl (C=O) groups is 1. The first-order valence-electron chi connectivity index (χ1n) is 8.89. The van der Waals surface area contributed by atoms with Gasteiger partial charge in [0.1, 0.15) is 33.0 Å². The lowest BCUT2D eigenvalue weighted by Crippen LogP contribution is -2.14. The number of carbonyl (C=O) groups excluding carboxylic acids is 1. The number of hydrogen-bond acceptors (Lipinski definition) is 7. The van der Waals surface area contributed by atoms with Crippen LogP contribution in [0.15, 0.2) is 59.9 Å². The molecule has 1 amide bonds. The van der Waals surface area contributed by atoms with E-state index >= 15 is 0 Å². The van der Waals surface area contributed by atoms with Gasteiger partial charge in [-0.25, -0.2) is 9.97 Å². The monoisotopic (exact) mass is 422 g/mol. The number of hydrogen-bond donors (Lipinski definition) is 1. The zero-order valence-corrected chi connectivity index (χ0v) is 17.5. The molecule has 0 aliphatic rings. The second-order valence-electron chi connectivity index (χ2n) is 6.27. The van der Waals surface area contributed by atoms with Crippen molar-refractivity contribution in [3.05, 3.63) is 60.4 Å². The molecule has 0 bridgehead atoms. The standard InChI is InChI=1S/C21H18N4O2S2/c1-13-5-3-4-6-16(13)24-17(26)11-28-21-20-19(22-12-23-21)18(25-29-20)14-7-9-15(27-2)10-8-14/h3-10,12H,11H2,1-2H3,(H,24,26). The second-order valence-corrected chi connectivity index (χ2v) is 8.01. The molecule has 1 N–H and O–H groups in total. The summed E-state index contributed by atoms with van der Waals surface area (Å²) in [6, 6.07) is 15.4. The molecule has 29 heavy (non-hydrogen) atoms. The fourth-order valence-electron chi connectivity index (χ4n) is 2.82. The van der Waals surface area contributed by atoms with Gasteiger partial charge in [0.05, 0.1) is 12.9 Å². The maximum absolute atomic E-state index is 12.4. The number of amides is 1. The van der Waals surface area contributed by atoms with Crippen molar-refractivity contribution in [2.75, 3.05) is 18.2 Å². The van der Waals surface area contributed by atoms with Crippen molar-refractivity contribution in [1.82, 2.24) is 14.3 Å². The summed E-state index contributed by atoms with van der Waals surface area (Å²) >= 11 is 2.73. The first-order valence-corrected chi connectivity index (χ1v) is 10.6. The van der Waals surface area contributed by atoms with Gasteiger partial charge >= 0.3 is 0 Å². The van der Waals surface area contributed by atoms with Crippen LogP contribution in [0.25, 0.3) is 21.5 Å². The minimum Gasteiger partial charge on any atom is -0.497 e. The second kappa shape index (κ2) is 8.59. The predicted octanol–water partition coefficient (Wildman–Crippen LogP) is 4.80. The maximum Gasteiger partial charge on any atom is 0.234 e. The number of methoxy groups -OCH3 is 1. The molecule has 0 atom stereocenters. The lowest BCUT2D eigenvalue weighted by Gasteiger charge is -2.07. The molecule has 0 radical (unpaired) electrons. The summed E-state index contributed by atoms with van der Waals surface area (Å²) in [5, 5.41) is 3.70. The van der Waals surface area contributed by atoms with Gasteiger partial charge in [-0.3, -0.25) is 4.79 Å². The minimum absolute atomic E-state index is 0.0732. The Bertz CT molecular complexity index is 1160. The molecule has 8 heteroatoms. The van der Waals surface area contributed by atoms with Crippen molar-refractivity contribution in [2.24, 2.45) is 0 Å². The summed E-state index contributed by atoms with van der Waals surface area (Å²) < 4.78 is 10.7. The van der Waals surface area contributed by atoms with E-state index in [1.807, 2.05) is 55.5 Å². The number of rotatable bonds is 6. The minimum atomic E-state index is -0.0732. The summed E-state index contributed by atoms with van der Waals surface area (Å²) in [4.78, 5) is 21.1. The number of benzene rings is 2. The van der Waals surface area contributed by atoms with E-state index < -0.39 is 0 Å². The van der Waals surface area contributed by atoms with Crippen LogP contribution in [-0.4, -0.2) is 33.1 Å². The highest BCUT2D eigenvalue weighted by Gasteiger charge is 2.15. The molecule has 0 aliphatic heterocycles. The fraction of sp³-hybridized carbons (Fsp3) is 0.143. The van der Waals surface area contributed by atoms with Crippen LogP contribution in [0.2, 0.25) is 0 Å². The van der Waals surface area contributed by atoms with E-state index in [1.54, 1.807) is 7.11 Å². The molecule has 2 heterocycles. The van der Waals surface area contributed by atoms with Crippen LogP contribution in [0.5, 0.6) is 5.75 Å². The first-order chi connectivity index (χ1) is 14.2. The summed E-state index contributed by atoms with van der Waals surface area (Å²) in [6.45, 7) is 1.97. The van der Waals surface area contributed by atoms with E-state index in [0.29, 0.717) is 0 Å². The number of para-hydroxylation sites is 1. The van der Waals surface area contributed by atoms with Crippen LogP contribution in [0, 0.1) is 6.92 Å². The molecule has 0 spiro atoms. The lowest BCUT2D eigenvalue weighted by atomic mass is 10.1. The number of thioether (sulfide) groups is 1. The third-order valence-electron chi connectivity index (χ3n) is 4.35. The van der Waals surface area contributed by atoms with Gasteiger partial charge in [-0.2, -0.15) is 4.37 Å². The SMILES string of the molecule is COc1ccc(-c2nsc3c(SCC(=O)Nc4ccccc4C)ncnc23)cc1. The number of nitrogens with one attached hydrogen (secondary N) is 1. The molecule has 0 unspecified atom stereocenters. The molecule has 4 rings (SSSR count). The molecule has 0 saturated heterocycles. The zero-order valence-electron chi connectivity index (χ0n) is 15.9. The van der Waals surface area contributed by atoms with E-state index in [1.165, 1.54) is 29.6 Å². The molecule has 146 valence electrons. The Kier molecular flexibility index (Phi) is 5.73. The zero-order chi connectivity index (χ0) is 20.2. The molecule has 0 aliphatic carbocycles. The first kappa shape index (κ1) is 19.4. The van der Waals surface area contributed by atoms with Crippen LogP contribution in [0.4, 0.5) is 5.69 Å². The van der Waals surface area contributed by atoms with E-state index in [2.05, 4.69) is 19.7 Å². The van der Waals surface area contributed by atoms with Gasteiger partial charge in [-0.05, 0) is 54.4 Å². The Balaban J connectivity index is 1.52. The van der Waals surface area contributed by atoms with Gasteiger partial charge in [0.2, 0.25) is 5.91 Å². The van der Waals surface area contributed by atoms with Gasteiger partial charge < -0.3 is 10.1 Å². The molecule has 2 aromatic carbocycles. The van der Waals surface area contributed by atoms with Gasteiger partial charge in [-0.1, -0.05) is 30.0 Å². The molecule has 0 fully saturated rings. The molecular weight excluding hydrogens is 404 g/mol. The summed E-state index contributed by atoms with van der Waals surface area (Å²) in [6.07, 6.45) is 1.52.